The molecule has 0 saturated heterocycles. The summed E-state index contributed by atoms with van der Waals surface area (Å²) in [5, 5.41) is 0. The molecule has 0 saturated carbocycles. The Balaban J connectivity index is 1.51. The molecule has 3 aromatic rings. The summed E-state index contributed by atoms with van der Waals surface area (Å²) in [6.45, 7) is 0. The number of fused-ring (bicyclic) bond motifs is 3. The number of hydrogen-bond acceptors (Lipinski definition) is 3. The minimum absolute atomic E-state index is 0.299. The average Bonchev–Trinajstić information content (AvgIpc) is 3.28. The van der Waals surface area contributed by atoms with Gasteiger partial charge in [-0.15, -0.1) is 11.3 Å². The zero-order valence-electron chi connectivity index (χ0n) is 12.8. The Hall–Kier alpha value is -2.86. The number of H-pyrrole nitrogens is 1. The molecule has 2 aromatic heterocycles. The Labute approximate surface area is 142 Å². The predicted octanol–water partition coefficient (Wildman–Crippen LogP) is 2.92. The summed E-state index contributed by atoms with van der Waals surface area (Å²) in [6, 6.07) is 13.6. The molecule has 1 aromatic carbocycles. The maximum absolute atomic E-state index is 12.3. The van der Waals surface area contributed by atoms with Crippen LogP contribution in [-0.4, -0.2) is 16.8 Å². The molecule has 0 unspecified atom stereocenters. The molecular weight excluding hydrogens is 322 g/mol. The van der Waals surface area contributed by atoms with Gasteiger partial charge in [-0.2, -0.15) is 0 Å². The summed E-state index contributed by atoms with van der Waals surface area (Å²) >= 11 is 1.46. The van der Waals surface area contributed by atoms with Crippen molar-refractivity contribution in [3.8, 4) is 10.4 Å². The highest BCUT2D eigenvalue weighted by Gasteiger charge is 2.21. The fourth-order valence-corrected chi connectivity index (χ4v) is 4.06. The van der Waals surface area contributed by atoms with Crippen LogP contribution in [0.3, 0.4) is 0 Å². The minimum Gasteiger partial charge on any atom is -0.357 e. The highest BCUT2D eigenvalue weighted by Crippen LogP contribution is 2.39. The van der Waals surface area contributed by atoms with Crippen molar-refractivity contribution < 1.29 is 9.59 Å². The number of thiophene rings is 1. The van der Waals surface area contributed by atoms with Gasteiger partial charge in [0.1, 0.15) is 5.69 Å². The number of benzene rings is 1. The predicted molar refractivity (Wildman–Crippen MR) is 92.9 cm³/mol. The van der Waals surface area contributed by atoms with E-state index in [0.29, 0.717) is 10.6 Å². The summed E-state index contributed by atoms with van der Waals surface area (Å²) in [5.74, 6) is -0.674. The monoisotopic (exact) mass is 337 g/mol. The standard InChI is InChI=1S/C18H15N3O2S/c22-17(14-6-3-9-19-14)20-21-18(23)15-10-12-8-7-11-4-1-2-5-13(11)16(12)24-15/h1-6,9-10,19H,7-8H2,(H,20,22)(H,21,23). The van der Waals surface area contributed by atoms with E-state index in [-0.39, 0.29) is 11.8 Å². The van der Waals surface area contributed by atoms with Gasteiger partial charge in [0.25, 0.3) is 11.8 Å². The molecule has 1 aliphatic rings. The van der Waals surface area contributed by atoms with Crippen LogP contribution in [0.2, 0.25) is 0 Å². The molecule has 4 rings (SSSR count). The van der Waals surface area contributed by atoms with E-state index >= 15 is 0 Å². The molecule has 24 heavy (non-hydrogen) atoms. The van der Waals surface area contributed by atoms with Crippen LogP contribution in [0, 0.1) is 0 Å². The van der Waals surface area contributed by atoms with Gasteiger partial charge in [-0.1, -0.05) is 24.3 Å². The Kier molecular flexibility index (Phi) is 3.66. The summed E-state index contributed by atoms with van der Waals surface area (Å²) in [6.07, 6.45) is 3.58. The van der Waals surface area contributed by atoms with Crippen LogP contribution in [0.1, 0.15) is 31.3 Å². The molecule has 0 fully saturated rings. The van der Waals surface area contributed by atoms with E-state index in [1.807, 2.05) is 18.2 Å². The summed E-state index contributed by atoms with van der Waals surface area (Å²) < 4.78 is 0. The third-order valence-corrected chi connectivity index (χ3v) is 5.30. The molecule has 2 heterocycles. The number of hydrogen-bond donors (Lipinski definition) is 3. The van der Waals surface area contributed by atoms with Gasteiger partial charge in [0, 0.05) is 11.1 Å². The van der Waals surface area contributed by atoms with E-state index in [1.54, 1.807) is 18.3 Å². The van der Waals surface area contributed by atoms with Crippen LogP contribution in [-0.2, 0) is 12.8 Å². The Morgan fingerprint density at radius 3 is 2.58 bits per heavy atom. The van der Waals surface area contributed by atoms with Crippen LogP contribution in [0.5, 0.6) is 0 Å². The fourth-order valence-electron chi connectivity index (χ4n) is 2.90. The number of carbonyl (C=O) groups is 2. The molecule has 3 N–H and O–H groups in total. The molecule has 0 atom stereocenters. The smallest absolute Gasteiger partial charge is 0.286 e. The molecule has 1 aliphatic carbocycles. The number of amides is 2. The second-order valence-electron chi connectivity index (χ2n) is 5.61. The Morgan fingerprint density at radius 2 is 1.75 bits per heavy atom. The largest absolute Gasteiger partial charge is 0.357 e. The molecule has 0 aliphatic heterocycles. The maximum atomic E-state index is 12.3. The van der Waals surface area contributed by atoms with Gasteiger partial charge in [-0.05, 0) is 47.7 Å². The number of aromatic amines is 1. The normalized spacial score (nSPS) is 12.2. The van der Waals surface area contributed by atoms with Crippen LogP contribution < -0.4 is 10.9 Å². The van der Waals surface area contributed by atoms with Gasteiger partial charge in [-0.25, -0.2) is 0 Å². The van der Waals surface area contributed by atoms with Crippen LogP contribution in [0.15, 0.2) is 48.7 Å². The maximum Gasteiger partial charge on any atom is 0.286 e. The third kappa shape index (κ3) is 2.61. The van der Waals surface area contributed by atoms with Gasteiger partial charge in [0.2, 0.25) is 0 Å². The van der Waals surface area contributed by atoms with Gasteiger partial charge < -0.3 is 4.98 Å². The van der Waals surface area contributed by atoms with Crippen molar-refractivity contribution in [2.45, 2.75) is 12.8 Å². The lowest BCUT2D eigenvalue weighted by Gasteiger charge is -2.15. The first kappa shape index (κ1) is 14.7. The van der Waals surface area contributed by atoms with Crippen LogP contribution in [0.25, 0.3) is 10.4 Å². The highest BCUT2D eigenvalue weighted by molar-refractivity contribution is 7.17. The zero-order chi connectivity index (χ0) is 16.5. The van der Waals surface area contributed by atoms with Crippen molar-refractivity contribution in [1.29, 1.82) is 0 Å². The molecule has 6 heteroatoms. The molecule has 5 nitrogen and oxygen atoms in total. The van der Waals surface area contributed by atoms with E-state index in [2.05, 4.69) is 28.0 Å². The second-order valence-corrected chi connectivity index (χ2v) is 6.67. The number of rotatable bonds is 2. The number of carbonyl (C=O) groups excluding carboxylic acids is 2. The van der Waals surface area contributed by atoms with Crippen molar-refractivity contribution in [2.75, 3.05) is 0 Å². The lowest BCUT2D eigenvalue weighted by atomic mass is 9.91. The number of nitrogens with one attached hydrogen (secondary N) is 3. The van der Waals surface area contributed by atoms with Crippen molar-refractivity contribution in [2.24, 2.45) is 0 Å². The average molecular weight is 337 g/mol. The first-order valence-electron chi connectivity index (χ1n) is 7.67. The third-order valence-electron chi connectivity index (χ3n) is 4.09. The fraction of sp³-hybridized carbons (Fsp3) is 0.111. The number of hydrazine groups is 1. The minimum atomic E-state index is -0.375. The van der Waals surface area contributed by atoms with Crippen molar-refractivity contribution in [3.63, 3.8) is 0 Å². The summed E-state index contributed by atoms with van der Waals surface area (Å²) in [4.78, 5) is 28.7. The summed E-state index contributed by atoms with van der Waals surface area (Å²) in [5.41, 5.74) is 9.01. The molecule has 0 spiro atoms. The molecule has 0 radical (unpaired) electrons. The van der Waals surface area contributed by atoms with Gasteiger partial charge >= 0.3 is 0 Å². The van der Waals surface area contributed by atoms with Crippen molar-refractivity contribution in [1.82, 2.24) is 15.8 Å². The quantitative estimate of drug-likeness (QED) is 0.629. The van der Waals surface area contributed by atoms with Gasteiger partial charge in [0.15, 0.2) is 0 Å². The zero-order valence-corrected chi connectivity index (χ0v) is 13.6. The molecule has 0 bridgehead atoms. The topological polar surface area (TPSA) is 74.0 Å². The van der Waals surface area contributed by atoms with Crippen LogP contribution in [0.4, 0.5) is 0 Å². The SMILES string of the molecule is O=C(NNC(=O)c1cc2c(s1)-c1ccccc1CC2)c1ccc[nH]1. The molecule has 2 amide bonds. The van der Waals surface area contributed by atoms with E-state index < -0.39 is 0 Å². The summed E-state index contributed by atoms with van der Waals surface area (Å²) in [7, 11) is 0. The Morgan fingerprint density at radius 1 is 0.958 bits per heavy atom. The van der Waals surface area contributed by atoms with Crippen molar-refractivity contribution in [3.05, 3.63) is 70.4 Å². The van der Waals surface area contributed by atoms with Crippen LogP contribution >= 0.6 is 11.3 Å². The number of aryl methyl sites for hydroxylation is 2. The Bertz CT molecular complexity index is 912. The van der Waals surface area contributed by atoms with Gasteiger partial charge in [-0.3, -0.25) is 20.4 Å². The number of aromatic nitrogens is 1. The first-order valence-corrected chi connectivity index (χ1v) is 8.49. The van der Waals surface area contributed by atoms with E-state index in [1.165, 1.54) is 28.0 Å². The highest BCUT2D eigenvalue weighted by atomic mass is 32.1. The van der Waals surface area contributed by atoms with Gasteiger partial charge in [0.05, 0.1) is 4.88 Å². The lowest BCUT2D eigenvalue weighted by molar-refractivity contribution is 0.0846. The molecular formula is C18H15N3O2S. The van der Waals surface area contributed by atoms with E-state index in [4.69, 9.17) is 0 Å². The van der Waals surface area contributed by atoms with E-state index in [9.17, 15) is 9.59 Å². The lowest BCUT2D eigenvalue weighted by Crippen LogP contribution is -2.41. The second kappa shape index (κ2) is 5.98. The molecule has 120 valence electrons. The van der Waals surface area contributed by atoms with Crippen molar-refractivity contribution >= 4 is 23.2 Å². The van der Waals surface area contributed by atoms with E-state index in [0.717, 1.165) is 17.7 Å². The first-order chi connectivity index (χ1) is 11.7.